The first-order valence-electron chi connectivity index (χ1n) is 5.13. The van der Waals surface area contributed by atoms with E-state index < -0.39 is 16.3 Å². The van der Waals surface area contributed by atoms with E-state index in [0.29, 0.717) is 19.0 Å². The first-order chi connectivity index (χ1) is 7.54. The number of nitrogens with zero attached hydrogens (tertiary/aromatic N) is 1. The van der Waals surface area contributed by atoms with Gasteiger partial charge in [-0.3, -0.25) is 0 Å². The minimum atomic E-state index is -3.76. The molecule has 92 valence electrons. The van der Waals surface area contributed by atoms with Crippen molar-refractivity contribution in [3.8, 4) is 0 Å². The van der Waals surface area contributed by atoms with Gasteiger partial charge in [0.1, 0.15) is 0 Å². The lowest BCUT2D eigenvalue weighted by Crippen LogP contribution is -2.47. The van der Waals surface area contributed by atoms with Crippen molar-refractivity contribution in [2.75, 3.05) is 26.7 Å². The van der Waals surface area contributed by atoms with Crippen LogP contribution < -0.4 is 10.0 Å². The van der Waals surface area contributed by atoms with E-state index in [0.717, 1.165) is 20.1 Å². The van der Waals surface area contributed by atoms with Crippen LogP contribution in [-0.4, -0.2) is 51.6 Å². The highest BCUT2D eigenvalue weighted by atomic mass is 32.2. The quantitative estimate of drug-likeness (QED) is 0.647. The largest absolute Gasteiger partial charge is 0.452 e. The Bertz CT molecular complexity index is 383. The molecule has 2 rings (SSSR count). The van der Waals surface area contributed by atoms with Crippen molar-refractivity contribution in [2.45, 2.75) is 12.5 Å². The summed E-state index contributed by atoms with van der Waals surface area (Å²) in [7, 11) is -2.62. The topological polar surface area (TPSA) is 87.7 Å². The summed E-state index contributed by atoms with van der Waals surface area (Å²) in [5.41, 5.74) is 0. The standard InChI is InChI=1S/C8H15N3O4S/c1-15-8(12)10-16(13,14)11-3-2-6-4-9-5-7(6)11/h6-7,9H,2-5H2,1H3,(H,10,12)/t6-,7+/m0/s1. The van der Waals surface area contributed by atoms with Gasteiger partial charge in [-0.05, 0) is 18.9 Å². The van der Waals surface area contributed by atoms with Crippen LogP contribution in [0.25, 0.3) is 0 Å². The SMILES string of the molecule is COC(=O)NS(=O)(=O)N1CC[C@H]2CNC[C@H]21. The lowest BCUT2D eigenvalue weighted by molar-refractivity contribution is 0.176. The second-order valence-corrected chi connectivity index (χ2v) is 5.61. The van der Waals surface area contributed by atoms with Gasteiger partial charge in [-0.25, -0.2) is 9.52 Å². The maximum absolute atomic E-state index is 11.8. The highest BCUT2D eigenvalue weighted by Gasteiger charge is 2.43. The summed E-state index contributed by atoms with van der Waals surface area (Å²) in [6.07, 6.45) is -0.117. The summed E-state index contributed by atoms with van der Waals surface area (Å²) in [6.45, 7) is 1.95. The fourth-order valence-electron chi connectivity index (χ4n) is 2.31. The van der Waals surface area contributed by atoms with E-state index in [1.165, 1.54) is 4.31 Å². The Morgan fingerprint density at radius 1 is 1.50 bits per heavy atom. The normalized spacial score (nSPS) is 30.1. The third-order valence-corrected chi connectivity index (χ3v) is 4.60. The lowest BCUT2D eigenvalue weighted by atomic mass is 10.1. The fourth-order valence-corrected chi connectivity index (χ4v) is 3.67. The van der Waals surface area contributed by atoms with Gasteiger partial charge in [0.05, 0.1) is 7.11 Å². The van der Waals surface area contributed by atoms with E-state index in [2.05, 4.69) is 10.1 Å². The summed E-state index contributed by atoms with van der Waals surface area (Å²) in [4.78, 5) is 10.9. The molecule has 0 aromatic rings. The summed E-state index contributed by atoms with van der Waals surface area (Å²) in [6, 6.07) is -0.0397. The molecule has 2 fully saturated rings. The van der Waals surface area contributed by atoms with Crippen LogP contribution in [0.2, 0.25) is 0 Å². The fraction of sp³-hybridized carbons (Fsp3) is 0.875. The summed E-state index contributed by atoms with van der Waals surface area (Å²) in [5.74, 6) is 0.356. The van der Waals surface area contributed by atoms with Crippen molar-refractivity contribution in [3.63, 3.8) is 0 Å². The van der Waals surface area contributed by atoms with Gasteiger partial charge in [0.25, 0.3) is 0 Å². The van der Waals surface area contributed by atoms with Crippen molar-refractivity contribution >= 4 is 16.3 Å². The predicted molar refractivity (Wildman–Crippen MR) is 55.9 cm³/mol. The summed E-state index contributed by atoms with van der Waals surface area (Å²) in [5, 5.41) is 3.14. The predicted octanol–water partition coefficient (Wildman–Crippen LogP) is -1.12. The van der Waals surface area contributed by atoms with Crippen LogP contribution in [0.5, 0.6) is 0 Å². The molecule has 2 aliphatic heterocycles. The molecular formula is C8H15N3O4S. The number of nitrogens with one attached hydrogen (secondary N) is 2. The Labute approximate surface area is 94.3 Å². The zero-order valence-corrected chi connectivity index (χ0v) is 9.79. The average molecular weight is 249 g/mol. The molecule has 7 nitrogen and oxygen atoms in total. The van der Waals surface area contributed by atoms with Gasteiger partial charge in [-0.2, -0.15) is 12.7 Å². The minimum absolute atomic E-state index is 0.0397. The van der Waals surface area contributed by atoms with Crippen LogP contribution in [0.4, 0.5) is 4.79 Å². The highest BCUT2D eigenvalue weighted by Crippen LogP contribution is 2.28. The highest BCUT2D eigenvalue weighted by molar-refractivity contribution is 7.87. The smallest absolute Gasteiger partial charge is 0.421 e. The van der Waals surface area contributed by atoms with E-state index >= 15 is 0 Å². The van der Waals surface area contributed by atoms with Gasteiger partial charge in [0, 0.05) is 19.1 Å². The van der Waals surface area contributed by atoms with Crippen molar-refractivity contribution in [2.24, 2.45) is 5.92 Å². The number of fused-ring (bicyclic) bond motifs is 1. The van der Waals surface area contributed by atoms with Crippen molar-refractivity contribution in [1.29, 1.82) is 0 Å². The zero-order valence-electron chi connectivity index (χ0n) is 8.97. The Kier molecular flexibility index (Phi) is 3.04. The van der Waals surface area contributed by atoms with Crippen molar-refractivity contribution in [1.82, 2.24) is 14.3 Å². The summed E-state index contributed by atoms with van der Waals surface area (Å²) < 4.78 is 31.2. The van der Waals surface area contributed by atoms with Gasteiger partial charge < -0.3 is 10.1 Å². The molecule has 0 aliphatic carbocycles. The third-order valence-electron chi connectivity index (χ3n) is 3.10. The van der Waals surface area contributed by atoms with Crippen molar-refractivity contribution < 1.29 is 17.9 Å². The van der Waals surface area contributed by atoms with Crippen LogP contribution in [0.1, 0.15) is 6.42 Å². The molecule has 0 unspecified atom stereocenters. The van der Waals surface area contributed by atoms with E-state index in [1.54, 1.807) is 0 Å². The first kappa shape index (κ1) is 11.6. The van der Waals surface area contributed by atoms with Gasteiger partial charge in [-0.1, -0.05) is 0 Å². The molecule has 0 aromatic heterocycles. The molecule has 2 N–H and O–H groups in total. The molecule has 2 saturated heterocycles. The maximum Gasteiger partial charge on any atom is 0.421 e. The average Bonchev–Trinajstić information content (AvgIpc) is 2.76. The number of hydrogen-bond acceptors (Lipinski definition) is 5. The Balaban J connectivity index is 2.09. The van der Waals surface area contributed by atoms with Gasteiger partial charge in [0.15, 0.2) is 0 Å². The van der Waals surface area contributed by atoms with Crippen LogP contribution in [0.3, 0.4) is 0 Å². The van der Waals surface area contributed by atoms with Crippen LogP contribution >= 0.6 is 0 Å². The van der Waals surface area contributed by atoms with E-state index in [4.69, 9.17) is 0 Å². The molecule has 0 aromatic carbocycles. The number of carbonyl (C=O) groups excluding carboxylic acids is 1. The van der Waals surface area contributed by atoms with E-state index in [1.807, 2.05) is 4.72 Å². The van der Waals surface area contributed by atoms with E-state index in [9.17, 15) is 13.2 Å². The van der Waals surface area contributed by atoms with Crippen LogP contribution in [0.15, 0.2) is 0 Å². The number of rotatable bonds is 2. The number of hydrogen-bond donors (Lipinski definition) is 2. The minimum Gasteiger partial charge on any atom is -0.452 e. The first-order valence-corrected chi connectivity index (χ1v) is 6.57. The lowest BCUT2D eigenvalue weighted by Gasteiger charge is -2.22. The van der Waals surface area contributed by atoms with Gasteiger partial charge in [0.2, 0.25) is 0 Å². The van der Waals surface area contributed by atoms with Gasteiger partial charge >= 0.3 is 16.3 Å². The van der Waals surface area contributed by atoms with Gasteiger partial charge in [-0.15, -0.1) is 0 Å². The molecule has 0 saturated carbocycles. The second kappa shape index (κ2) is 4.19. The molecule has 0 bridgehead atoms. The molecule has 2 atom stereocenters. The molecule has 0 radical (unpaired) electrons. The third kappa shape index (κ3) is 2.00. The number of amides is 1. The summed E-state index contributed by atoms with van der Waals surface area (Å²) >= 11 is 0. The van der Waals surface area contributed by atoms with Crippen LogP contribution in [-0.2, 0) is 14.9 Å². The zero-order chi connectivity index (χ0) is 11.8. The Hall–Kier alpha value is -0.860. The molecule has 16 heavy (non-hydrogen) atoms. The molecule has 0 spiro atoms. The monoisotopic (exact) mass is 249 g/mol. The number of ether oxygens (including phenoxy) is 1. The Morgan fingerprint density at radius 2 is 2.25 bits per heavy atom. The Morgan fingerprint density at radius 3 is 2.94 bits per heavy atom. The maximum atomic E-state index is 11.8. The molecule has 2 aliphatic rings. The van der Waals surface area contributed by atoms with Crippen LogP contribution in [0, 0.1) is 5.92 Å². The molecular weight excluding hydrogens is 234 g/mol. The molecule has 1 amide bonds. The van der Waals surface area contributed by atoms with Crippen molar-refractivity contribution in [3.05, 3.63) is 0 Å². The van der Waals surface area contributed by atoms with E-state index in [-0.39, 0.29) is 6.04 Å². The second-order valence-electron chi connectivity index (χ2n) is 3.98. The number of carbonyl (C=O) groups is 1. The molecule has 8 heteroatoms. The molecule has 2 heterocycles. The number of methoxy groups -OCH3 is 1.